The lowest BCUT2D eigenvalue weighted by Gasteiger charge is -2.32. The summed E-state index contributed by atoms with van der Waals surface area (Å²) in [6, 6.07) is 8.73. The van der Waals surface area contributed by atoms with Crippen LogP contribution in [0.5, 0.6) is 11.5 Å². The second-order valence-electron chi connectivity index (χ2n) is 20.9. The molecule has 23 nitrogen and oxygen atoms in total. The number of nitrogens with two attached hydrogens (primary N) is 1. The first-order valence-electron chi connectivity index (χ1n) is 27.3. The van der Waals surface area contributed by atoms with Gasteiger partial charge in [0.15, 0.2) is 0 Å². The molecule has 3 aliphatic heterocycles. The molecule has 3 aromatic rings. The number of hydrogen-bond donors (Lipinski definition) is 13. The Hall–Kier alpha value is -6.73. The van der Waals surface area contributed by atoms with Crippen molar-refractivity contribution < 1.29 is 68.9 Å². The van der Waals surface area contributed by atoms with Gasteiger partial charge in [-0.25, -0.2) is 0 Å². The Kier molecular flexibility index (Phi) is 22.9. The standard InChI is InChI=1S/C56H79N9O14/c1-4-5-6-7-8-9-24-79-41-20-16-36(17-21-41)35-12-14-37(15-13-35)50(72)60-42-26-38(58-23-22-57)28-59-54(76)48-49(71)32(2)29-65(48)55(77)43(31-66)61-53(75)47(45(70)25-34-10-18-39(68)19-11-34)63-52(74)44-27-40(69)30-64(44)56(78)46(33(3)67)62-51(42)73/h10-21,32-33,38,40,42-49,58,66-71H,4-9,22-31,57H2,1-3H3,(H,59,76)(H,60,72)(H,61,75)(H,62,73)(H,63,74). The molecule has 0 spiro atoms. The highest BCUT2D eigenvalue weighted by molar-refractivity contribution is 6.00. The van der Waals surface area contributed by atoms with Gasteiger partial charge in [0.1, 0.15) is 47.8 Å². The minimum absolute atomic E-state index is 0.0914. The molecule has 0 radical (unpaired) electrons. The molecule has 23 heteroatoms. The Morgan fingerprint density at radius 3 is 2.06 bits per heavy atom. The molecule has 12 atom stereocenters. The average Bonchev–Trinajstić information content (AvgIpc) is 4.03. The molecular formula is C56H79N9O14. The normalized spacial score (nSPS) is 26.4. The number of nitrogens with one attached hydrogen (secondary N) is 6. The van der Waals surface area contributed by atoms with Crippen LogP contribution in [0.15, 0.2) is 72.8 Å². The maximum atomic E-state index is 14.6. The number of carbonyl (C=O) groups is 7. The fourth-order valence-corrected chi connectivity index (χ4v) is 10.1. The second kappa shape index (κ2) is 29.5. The molecule has 0 bridgehead atoms. The average molecular weight is 1100 g/mol. The number of unbranched alkanes of at least 4 members (excludes halogenated alkanes) is 5. The molecule has 0 saturated carbocycles. The smallest absolute Gasteiger partial charge is 0.251 e. The summed E-state index contributed by atoms with van der Waals surface area (Å²) < 4.78 is 5.94. The van der Waals surface area contributed by atoms with Gasteiger partial charge in [0, 0.05) is 63.1 Å². The first kappa shape index (κ1) is 61.5. The molecule has 3 saturated heterocycles. The molecule has 432 valence electrons. The maximum Gasteiger partial charge on any atom is 0.251 e. The van der Waals surface area contributed by atoms with Gasteiger partial charge in [0.2, 0.25) is 35.4 Å². The lowest BCUT2D eigenvalue weighted by molar-refractivity contribution is -0.146. The van der Waals surface area contributed by atoms with Gasteiger partial charge in [-0.1, -0.05) is 82.3 Å². The van der Waals surface area contributed by atoms with Crippen LogP contribution in [0.1, 0.15) is 88.1 Å². The van der Waals surface area contributed by atoms with Crippen LogP contribution < -0.4 is 42.4 Å². The second-order valence-corrected chi connectivity index (χ2v) is 20.9. The van der Waals surface area contributed by atoms with Crippen molar-refractivity contribution in [1.29, 1.82) is 0 Å². The van der Waals surface area contributed by atoms with Gasteiger partial charge >= 0.3 is 0 Å². The summed E-state index contributed by atoms with van der Waals surface area (Å²) in [5, 5.41) is 81.4. The van der Waals surface area contributed by atoms with Gasteiger partial charge in [-0.2, -0.15) is 0 Å². The topological polar surface area (TPSA) is 355 Å². The number of aliphatic hydroxyl groups excluding tert-OH is 5. The van der Waals surface area contributed by atoms with Crippen LogP contribution >= 0.6 is 0 Å². The SMILES string of the molecule is CCCCCCCCOc1ccc(-c2ccc(C(=O)NC3CC(NCCN)CNC(=O)C4C(O)C(C)CN4C(=O)C(CO)NC(=O)C(C(O)Cc4ccc(O)cc4)NC(=O)C4CC(O)CN4C(=O)C(C(C)O)NC3=O)cc2)cc1. The van der Waals surface area contributed by atoms with E-state index in [1.54, 1.807) is 31.2 Å². The number of phenolic OH excluding ortho intramolecular Hbond substituents is 1. The minimum atomic E-state index is -1.91. The van der Waals surface area contributed by atoms with Crippen LogP contribution in [0, 0.1) is 5.92 Å². The summed E-state index contributed by atoms with van der Waals surface area (Å²) in [5.74, 6) is -6.84. The number of aliphatic hydroxyl groups is 5. The van der Waals surface area contributed by atoms with Crippen molar-refractivity contribution in [2.45, 2.75) is 145 Å². The molecule has 3 fully saturated rings. The summed E-state index contributed by atoms with van der Waals surface area (Å²) in [6.45, 7) is 3.85. The molecule has 6 rings (SSSR count). The first-order chi connectivity index (χ1) is 37.8. The van der Waals surface area contributed by atoms with Crippen molar-refractivity contribution in [2.24, 2.45) is 11.7 Å². The summed E-state index contributed by atoms with van der Waals surface area (Å²) in [7, 11) is 0. The molecule has 3 aromatic carbocycles. The number of amides is 7. The van der Waals surface area contributed by atoms with Crippen LogP contribution in [-0.4, -0.2) is 194 Å². The van der Waals surface area contributed by atoms with E-state index in [0.717, 1.165) is 39.5 Å². The number of carbonyl (C=O) groups excluding carboxylic acids is 7. The first-order valence-corrected chi connectivity index (χ1v) is 27.3. The third-order valence-electron chi connectivity index (χ3n) is 14.7. The molecule has 3 heterocycles. The summed E-state index contributed by atoms with van der Waals surface area (Å²) in [4.78, 5) is 102. The fraction of sp³-hybridized carbons (Fsp3) is 0.554. The largest absolute Gasteiger partial charge is 0.508 e. The Morgan fingerprint density at radius 2 is 1.42 bits per heavy atom. The van der Waals surface area contributed by atoms with Crippen LogP contribution in [0.2, 0.25) is 0 Å². The van der Waals surface area contributed by atoms with E-state index in [2.05, 4.69) is 38.8 Å². The Balaban J connectivity index is 1.30. The van der Waals surface area contributed by atoms with E-state index >= 15 is 0 Å². The van der Waals surface area contributed by atoms with Gasteiger partial charge in [-0.3, -0.25) is 33.6 Å². The van der Waals surface area contributed by atoms with Gasteiger partial charge < -0.3 is 82.8 Å². The molecule has 0 aliphatic carbocycles. The predicted molar refractivity (Wildman–Crippen MR) is 290 cm³/mol. The number of benzene rings is 3. The number of phenols is 1. The van der Waals surface area contributed by atoms with Gasteiger partial charge in [-0.15, -0.1) is 0 Å². The molecule has 3 aliphatic rings. The highest BCUT2D eigenvalue weighted by atomic mass is 16.5. The quantitative estimate of drug-likeness (QED) is 0.0636. The summed E-state index contributed by atoms with van der Waals surface area (Å²) >= 11 is 0. The molecule has 0 aromatic heterocycles. The Morgan fingerprint density at radius 1 is 0.772 bits per heavy atom. The van der Waals surface area contributed by atoms with Crippen LogP contribution in [-0.2, 0) is 35.2 Å². The van der Waals surface area contributed by atoms with Crippen LogP contribution in [0.25, 0.3) is 11.1 Å². The Labute approximate surface area is 460 Å². The van der Waals surface area contributed by atoms with E-state index in [1.165, 1.54) is 56.9 Å². The van der Waals surface area contributed by atoms with E-state index in [1.807, 2.05) is 24.3 Å². The zero-order valence-corrected chi connectivity index (χ0v) is 45.1. The van der Waals surface area contributed by atoms with Gasteiger partial charge in [-0.05, 0) is 72.9 Å². The zero-order chi connectivity index (χ0) is 57.3. The fourth-order valence-electron chi connectivity index (χ4n) is 10.1. The molecule has 14 N–H and O–H groups in total. The van der Waals surface area contributed by atoms with E-state index in [4.69, 9.17) is 10.5 Å². The third kappa shape index (κ3) is 16.7. The Bertz CT molecular complexity index is 2520. The van der Waals surface area contributed by atoms with Crippen LogP contribution in [0.3, 0.4) is 0 Å². The van der Waals surface area contributed by atoms with Gasteiger partial charge in [0.05, 0.1) is 37.6 Å². The number of rotatable bonds is 19. The lowest BCUT2D eigenvalue weighted by Crippen LogP contribution is -2.63. The molecule has 79 heavy (non-hydrogen) atoms. The highest BCUT2D eigenvalue weighted by Crippen LogP contribution is 2.27. The van der Waals surface area contributed by atoms with Crippen molar-refractivity contribution in [3.63, 3.8) is 0 Å². The third-order valence-corrected chi connectivity index (χ3v) is 14.7. The van der Waals surface area contributed by atoms with Crippen molar-refractivity contribution in [2.75, 3.05) is 45.9 Å². The van der Waals surface area contributed by atoms with E-state index in [9.17, 15) is 64.2 Å². The molecule has 7 amide bonds. The van der Waals surface area contributed by atoms with Crippen molar-refractivity contribution >= 4 is 41.4 Å². The van der Waals surface area contributed by atoms with Gasteiger partial charge in [0.25, 0.3) is 5.91 Å². The van der Waals surface area contributed by atoms with Crippen molar-refractivity contribution in [3.8, 4) is 22.6 Å². The number of ether oxygens (including phenoxy) is 1. The number of fused-ring (bicyclic) bond motifs is 2. The highest BCUT2D eigenvalue weighted by Gasteiger charge is 2.48. The zero-order valence-electron chi connectivity index (χ0n) is 45.1. The number of hydrogen-bond acceptors (Lipinski definition) is 16. The summed E-state index contributed by atoms with van der Waals surface area (Å²) in [5.41, 5.74) is 8.06. The van der Waals surface area contributed by atoms with Crippen LogP contribution in [0.4, 0.5) is 0 Å². The monoisotopic (exact) mass is 1100 g/mol. The van der Waals surface area contributed by atoms with E-state index in [-0.39, 0.29) is 56.8 Å². The van der Waals surface area contributed by atoms with Crippen molar-refractivity contribution in [3.05, 3.63) is 83.9 Å². The molecule has 12 unspecified atom stereocenters. The predicted octanol–water partition coefficient (Wildman–Crippen LogP) is -1.07. The van der Waals surface area contributed by atoms with Crippen molar-refractivity contribution in [1.82, 2.24) is 41.7 Å². The van der Waals surface area contributed by atoms with E-state index in [0.29, 0.717) is 12.2 Å². The minimum Gasteiger partial charge on any atom is -0.508 e. The summed E-state index contributed by atoms with van der Waals surface area (Å²) in [6.07, 6.45) is -0.254. The maximum absolute atomic E-state index is 14.6. The van der Waals surface area contributed by atoms with E-state index < -0.39 is 127 Å². The number of aromatic hydroxyl groups is 1. The molecular weight excluding hydrogens is 1020 g/mol. The lowest BCUT2D eigenvalue weighted by atomic mass is 10.00. The number of nitrogens with zero attached hydrogens (tertiary/aromatic N) is 2.